The van der Waals surface area contributed by atoms with E-state index >= 15 is 0 Å². The minimum absolute atomic E-state index is 0.321. The molecule has 4 nitrogen and oxygen atoms in total. The van der Waals surface area contributed by atoms with Crippen LogP contribution in [0.3, 0.4) is 0 Å². The fourth-order valence-electron chi connectivity index (χ4n) is 1.41. The summed E-state index contributed by atoms with van der Waals surface area (Å²) >= 11 is 3.13. The van der Waals surface area contributed by atoms with Gasteiger partial charge in [0.2, 0.25) is 0 Å². The highest BCUT2D eigenvalue weighted by molar-refractivity contribution is 9.10. The third-order valence-electron chi connectivity index (χ3n) is 2.18. The van der Waals surface area contributed by atoms with Crippen molar-refractivity contribution in [3.63, 3.8) is 0 Å². The van der Waals surface area contributed by atoms with Gasteiger partial charge in [0, 0.05) is 17.3 Å². The monoisotopic (exact) mass is 296 g/mol. The summed E-state index contributed by atoms with van der Waals surface area (Å²) < 4.78 is 13.5. The first kappa shape index (κ1) is 11.9. The van der Waals surface area contributed by atoms with Crippen LogP contribution in [0.2, 0.25) is 0 Å². The van der Waals surface area contributed by atoms with E-state index in [9.17, 15) is 4.39 Å². The lowest BCUT2D eigenvalue weighted by molar-refractivity contribution is 0.621. The van der Waals surface area contributed by atoms with E-state index in [1.54, 1.807) is 18.2 Å². The number of nitrogens with two attached hydrogens (primary N) is 1. The first-order valence-corrected chi connectivity index (χ1v) is 5.67. The van der Waals surface area contributed by atoms with E-state index in [2.05, 4.69) is 31.3 Å². The average molecular weight is 297 g/mol. The van der Waals surface area contributed by atoms with Gasteiger partial charge in [-0.1, -0.05) is 0 Å². The quantitative estimate of drug-likeness (QED) is 0.660. The van der Waals surface area contributed by atoms with Gasteiger partial charge in [-0.15, -0.1) is 0 Å². The number of nitrogen functional groups attached to an aromatic ring is 1. The molecule has 1 aromatic heterocycles. The second kappa shape index (κ2) is 4.77. The molecular formula is C11H10BrFN4. The van der Waals surface area contributed by atoms with Gasteiger partial charge in [-0.25, -0.2) is 20.2 Å². The number of halogens is 2. The second-order valence-electron chi connectivity index (χ2n) is 3.49. The van der Waals surface area contributed by atoms with Crippen LogP contribution in [-0.2, 0) is 0 Å². The van der Waals surface area contributed by atoms with E-state index in [1.807, 2.05) is 6.92 Å². The molecule has 0 saturated heterocycles. The highest BCUT2D eigenvalue weighted by atomic mass is 79.9. The molecule has 6 heteroatoms. The molecule has 0 fully saturated rings. The van der Waals surface area contributed by atoms with Crippen LogP contribution < -0.4 is 11.3 Å². The number of hydrazine groups is 1. The first-order chi connectivity index (χ1) is 8.10. The van der Waals surface area contributed by atoms with Crippen molar-refractivity contribution in [2.24, 2.45) is 5.84 Å². The van der Waals surface area contributed by atoms with Crippen molar-refractivity contribution >= 4 is 21.7 Å². The SMILES string of the molecule is Cc1cc(NN)nc(-c2ccc(F)c(Br)c2)n1. The summed E-state index contributed by atoms with van der Waals surface area (Å²) in [5.41, 5.74) is 3.97. The highest BCUT2D eigenvalue weighted by Gasteiger charge is 2.07. The summed E-state index contributed by atoms with van der Waals surface area (Å²) in [6.45, 7) is 1.84. The molecule has 0 aliphatic rings. The van der Waals surface area contributed by atoms with Gasteiger partial charge < -0.3 is 5.43 Å². The molecule has 2 aromatic rings. The molecule has 2 rings (SSSR count). The van der Waals surface area contributed by atoms with Crippen molar-refractivity contribution in [3.05, 3.63) is 40.2 Å². The van der Waals surface area contributed by atoms with Crippen LogP contribution >= 0.6 is 15.9 Å². The Morgan fingerprint density at radius 1 is 1.29 bits per heavy atom. The van der Waals surface area contributed by atoms with Gasteiger partial charge in [-0.2, -0.15) is 0 Å². The fourth-order valence-corrected chi connectivity index (χ4v) is 1.79. The topological polar surface area (TPSA) is 63.8 Å². The normalized spacial score (nSPS) is 10.4. The molecule has 0 aliphatic heterocycles. The zero-order valence-corrected chi connectivity index (χ0v) is 10.6. The number of aryl methyl sites for hydroxylation is 1. The Kier molecular flexibility index (Phi) is 3.35. The molecule has 3 N–H and O–H groups in total. The third kappa shape index (κ3) is 2.59. The second-order valence-corrected chi connectivity index (χ2v) is 4.35. The van der Waals surface area contributed by atoms with Crippen molar-refractivity contribution in [2.75, 3.05) is 5.43 Å². The molecule has 0 aliphatic carbocycles. The van der Waals surface area contributed by atoms with E-state index in [0.717, 1.165) is 11.3 Å². The summed E-state index contributed by atoms with van der Waals surface area (Å²) in [4.78, 5) is 8.48. The molecule has 1 aromatic carbocycles. The Morgan fingerprint density at radius 3 is 2.71 bits per heavy atom. The van der Waals surface area contributed by atoms with Crippen LogP contribution in [-0.4, -0.2) is 9.97 Å². The van der Waals surface area contributed by atoms with Crippen LogP contribution in [0.5, 0.6) is 0 Å². The van der Waals surface area contributed by atoms with Crippen LogP contribution in [0.25, 0.3) is 11.4 Å². The Balaban J connectivity index is 2.52. The lowest BCUT2D eigenvalue weighted by Gasteiger charge is -2.06. The Labute approximate surface area is 106 Å². The van der Waals surface area contributed by atoms with E-state index in [4.69, 9.17) is 5.84 Å². The van der Waals surface area contributed by atoms with Crippen LogP contribution in [0.4, 0.5) is 10.2 Å². The summed E-state index contributed by atoms with van der Waals surface area (Å²) in [5.74, 6) is 6.01. The van der Waals surface area contributed by atoms with Crippen LogP contribution in [0, 0.1) is 12.7 Å². The zero-order chi connectivity index (χ0) is 12.4. The van der Waals surface area contributed by atoms with Crippen molar-refractivity contribution < 1.29 is 4.39 Å². The zero-order valence-electron chi connectivity index (χ0n) is 9.04. The van der Waals surface area contributed by atoms with Gasteiger partial charge in [0.05, 0.1) is 4.47 Å². The maximum absolute atomic E-state index is 13.1. The number of nitrogens with one attached hydrogen (secondary N) is 1. The van der Waals surface area contributed by atoms with Gasteiger partial charge >= 0.3 is 0 Å². The third-order valence-corrected chi connectivity index (χ3v) is 2.79. The summed E-state index contributed by atoms with van der Waals surface area (Å²) in [7, 11) is 0. The molecular weight excluding hydrogens is 287 g/mol. The Bertz CT molecular complexity index is 559. The van der Waals surface area contributed by atoms with Crippen LogP contribution in [0.15, 0.2) is 28.7 Å². The molecule has 17 heavy (non-hydrogen) atoms. The number of benzene rings is 1. The molecule has 0 bridgehead atoms. The molecule has 0 radical (unpaired) electrons. The fraction of sp³-hybridized carbons (Fsp3) is 0.0909. The minimum Gasteiger partial charge on any atom is -0.308 e. The van der Waals surface area contributed by atoms with E-state index in [1.165, 1.54) is 6.07 Å². The number of hydrogen-bond donors (Lipinski definition) is 2. The van der Waals surface area contributed by atoms with Crippen molar-refractivity contribution in [3.8, 4) is 11.4 Å². The minimum atomic E-state index is -0.321. The van der Waals surface area contributed by atoms with Gasteiger partial charge in [-0.3, -0.25) is 0 Å². The largest absolute Gasteiger partial charge is 0.308 e. The van der Waals surface area contributed by atoms with Gasteiger partial charge in [0.25, 0.3) is 0 Å². The molecule has 0 unspecified atom stereocenters. The summed E-state index contributed by atoms with van der Waals surface area (Å²) in [6, 6.07) is 6.34. The van der Waals surface area contributed by atoms with Gasteiger partial charge in [0.15, 0.2) is 5.82 Å². The van der Waals surface area contributed by atoms with Gasteiger partial charge in [0.1, 0.15) is 11.6 Å². The Hall–Kier alpha value is -1.53. The molecule has 0 spiro atoms. The standard InChI is InChI=1S/C11H10BrFN4/c1-6-4-10(17-14)16-11(15-6)7-2-3-9(13)8(12)5-7/h2-5H,14H2,1H3,(H,15,16,17). The van der Waals surface area contributed by atoms with E-state index < -0.39 is 0 Å². The molecule has 0 amide bonds. The number of aromatic nitrogens is 2. The maximum Gasteiger partial charge on any atom is 0.161 e. The lowest BCUT2D eigenvalue weighted by atomic mass is 10.2. The molecule has 88 valence electrons. The number of hydrogen-bond acceptors (Lipinski definition) is 4. The average Bonchev–Trinajstić information content (AvgIpc) is 2.32. The van der Waals surface area contributed by atoms with Gasteiger partial charge in [-0.05, 0) is 41.1 Å². The van der Waals surface area contributed by atoms with Crippen molar-refractivity contribution in [1.82, 2.24) is 9.97 Å². The lowest BCUT2D eigenvalue weighted by Crippen LogP contribution is -2.10. The number of rotatable bonds is 2. The summed E-state index contributed by atoms with van der Waals surface area (Å²) in [5, 5.41) is 0. The number of nitrogens with zero attached hydrogens (tertiary/aromatic N) is 2. The molecule has 0 saturated carbocycles. The predicted molar refractivity (Wildman–Crippen MR) is 67.7 cm³/mol. The highest BCUT2D eigenvalue weighted by Crippen LogP contribution is 2.23. The summed E-state index contributed by atoms with van der Waals surface area (Å²) in [6.07, 6.45) is 0. The Morgan fingerprint density at radius 2 is 2.06 bits per heavy atom. The molecule has 1 heterocycles. The molecule has 0 atom stereocenters. The van der Waals surface area contributed by atoms with Crippen LogP contribution in [0.1, 0.15) is 5.69 Å². The first-order valence-electron chi connectivity index (χ1n) is 4.88. The van der Waals surface area contributed by atoms with E-state index in [0.29, 0.717) is 16.1 Å². The van der Waals surface area contributed by atoms with Crippen molar-refractivity contribution in [2.45, 2.75) is 6.92 Å². The number of anilines is 1. The predicted octanol–water partition coefficient (Wildman–Crippen LogP) is 2.64. The maximum atomic E-state index is 13.1. The van der Waals surface area contributed by atoms with E-state index in [-0.39, 0.29) is 5.82 Å². The smallest absolute Gasteiger partial charge is 0.161 e. The van der Waals surface area contributed by atoms with Crippen molar-refractivity contribution in [1.29, 1.82) is 0 Å².